The highest BCUT2D eigenvalue weighted by Gasteiger charge is 2.38. The van der Waals surface area contributed by atoms with Crippen molar-refractivity contribution in [2.45, 2.75) is 25.2 Å². The summed E-state index contributed by atoms with van der Waals surface area (Å²) in [5.74, 6) is -3.11. The minimum atomic E-state index is -6.00. The summed E-state index contributed by atoms with van der Waals surface area (Å²) < 4.78 is 79.8. The van der Waals surface area contributed by atoms with Crippen molar-refractivity contribution in [2.75, 3.05) is 6.61 Å². The molecule has 0 saturated carbocycles. The highest BCUT2D eigenvalue weighted by Crippen LogP contribution is 2.13. The van der Waals surface area contributed by atoms with Crippen LogP contribution >= 0.6 is 0 Å². The van der Waals surface area contributed by atoms with Crippen molar-refractivity contribution in [3.8, 4) is 0 Å². The average Bonchev–Trinajstić information content (AvgIpc) is 3.06. The van der Waals surface area contributed by atoms with E-state index in [0.29, 0.717) is 19.6 Å². The first-order valence-electron chi connectivity index (χ1n) is 8.74. The number of benzene rings is 1. The third-order valence-electron chi connectivity index (χ3n) is 3.26. The van der Waals surface area contributed by atoms with Gasteiger partial charge in [-0.2, -0.15) is 13.2 Å². The first kappa shape index (κ1) is 28.9. The van der Waals surface area contributed by atoms with Crippen LogP contribution in [0.4, 0.5) is 30.4 Å². The van der Waals surface area contributed by atoms with Gasteiger partial charge in [0, 0.05) is 0 Å². The summed E-state index contributed by atoms with van der Waals surface area (Å²) in [5.41, 5.74) is 6.88. The Kier molecular flexibility index (Phi) is 12.1. The Hall–Kier alpha value is -3.10. The first-order chi connectivity index (χ1) is 14.6. The van der Waals surface area contributed by atoms with E-state index in [1.807, 2.05) is 65.2 Å². The van der Waals surface area contributed by atoms with Gasteiger partial charge >= 0.3 is 25.4 Å². The zero-order valence-corrected chi connectivity index (χ0v) is 16.7. The second-order valence-corrected chi connectivity index (χ2v) is 6.08. The van der Waals surface area contributed by atoms with E-state index in [9.17, 15) is 35.2 Å². The smallest absolute Gasteiger partial charge is 0.475 e. The van der Waals surface area contributed by atoms with Crippen molar-refractivity contribution in [3.63, 3.8) is 0 Å². The van der Waals surface area contributed by atoms with Crippen LogP contribution in [0, 0.1) is 0 Å². The van der Waals surface area contributed by atoms with Crippen molar-refractivity contribution in [1.29, 1.82) is 0 Å². The van der Waals surface area contributed by atoms with Crippen LogP contribution in [-0.2, 0) is 34.3 Å². The Labute approximate surface area is 178 Å². The first-order valence-corrected chi connectivity index (χ1v) is 8.74. The number of carboxylic acid groups (broad SMARTS) is 1. The van der Waals surface area contributed by atoms with Crippen LogP contribution in [0.3, 0.4) is 0 Å². The van der Waals surface area contributed by atoms with E-state index in [-0.39, 0.29) is 5.97 Å². The zero-order chi connectivity index (χ0) is 24.9. The van der Waals surface area contributed by atoms with E-state index in [1.54, 1.807) is 0 Å². The fraction of sp³-hybridized carbons (Fsp3) is 0.353. The molecule has 180 valence electrons. The van der Waals surface area contributed by atoms with Crippen LogP contribution in [0.5, 0.6) is 0 Å². The van der Waals surface area contributed by atoms with Crippen molar-refractivity contribution in [2.24, 2.45) is 12.8 Å². The number of carboxylic acids is 1. The maximum Gasteiger partial charge on any atom is 0.673 e. The van der Waals surface area contributed by atoms with Gasteiger partial charge in [0.1, 0.15) is 31.6 Å². The average molecular weight is 475 g/mol. The molecule has 7 nitrogen and oxygen atoms in total. The number of rotatable bonds is 6. The predicted octanol–water partition coefficient (Wildman–Crippen LogP) is 2.36. The molecule has 1 atom stereocenters. The van der Waals surface area contributed by atoms with E-state index in [0.717, 1.165) is 5.56 Å². The minimum Gasteiger partial charge on any atom is -0.475 e. The van der Waals surface area contributed by atoms with E-state index in [2.05, 4.69) is 0 Å². The lowest BCUT2D eigenvalue weighted by Crippen LogP contribution is -2.35. The van der Waals surface area contributed by atoms with Gasteiger partial charge < -0.3 is 32.8 Å². The molecule has 0 spiro atoms. The number of alkyl halides is 3. The molecule has 2 aromatic rings. The predicted molar refractivity (Wildman–Crippen MR) is 98.6 cm³/mol. The monoisotopic (exact) mass is 475 g/mol. The van der Waals surface area contributed by atoms with Gasteiger partial charge in [0.25, 0.3) is 0 Å². The number of ether oxygens (including phenoxy) is 1. The molecule has 0 radical (unpaired) electrons. The van der Waals surface area contributed by atoms with E-state index >= 15 is 0 Å². The second kappa shape index (κ2) is 13.3. The van der Waals surface area contributed by atoms with Gasteiger partial charge in [0.15, 0.2) is 0 Å². The number of nitrogens with zero attached hydrogens (tertiary/aromatic N) is 2. The minimum absolute atomic E-state index is 0.329. The maximum absolute atomic E-state index is 11.8. The molecule has 0 fully saturated rings. The summed E-state index contributed by atoms with van der Waals surface area (Å²) in [4.78, 5) is 20.7. The zero-order valence-electron chi connectivity index (χ0n) is 16.7. The van der Waals surface area contributed by atoms with Crippen LogP contribution < -0.4 is 10.3 Å². The van der Waals surface area contributed by atoms with Gasteiger partial charge in [-0.1, -0.05) is 30.3 Å². The molecule has 1 heterocycles. The lowest BCUT2D eigenvalue weighted by atomic mass is 10.1. The fourth-order valence-corrected chi connectivity index (χ4v) is 1.94. The number of aliphatic carboxylic acids is 1. The van der Waals surface area contributed by atoms with Crippen LogP contribution in [-0.4, -0.2) is 47.7 Å². The normalized spacial score (nSPS) is 11.9. The molecule has 2 rings (SSSR count). The second-order valence-electron chi connectivity index (χ2n) is 6.08. The number of imidazole rings is 1. The molecular weight excluding hydrogens is 454 g/mol. The third-order valence-corrected chi connectivity index (χ3v) is 3.26. The fourth-order valence-electron chi connectivity index (χ4n) is 1.94. The molecule has 1 aromatic heterocycles. The number of carbonyl (C=O) groups is 2. The molecule has 15 heteroatoms. The molecule has 0 aliphatic heterocycles. The Morgan fingerprint density at radius 2 is 1.69 bits per heavy atom. The summed E-state index contributed by atoms with van der Waals surface area (Å²) in [6, 6.07) is 9.08. The highest BCUT2D eigenvalue weighted by atomic mass is 19.5. The molecule has 0 amide bonds. The van der Waals surface area contributed by atoms with Crippen molar-refractivity contribution in [1.82, 2.24) is 4.57 Å². The summed E-state index contributed by atoms with van der Waals surface area (Å²) in [6.07, 6.45) is 1.20. The van der Waals surface area contributed by atoms with Crippen LogP contribution in [0.15, 0.2) is 49.1 Å². The number of esters is 1. The number of aryl methyl sites for hydroxylation is 1. The molecule has 3 N–H and O–H groups in total. The Morgan fingerprint density at radius 1 is 1.19 bits per heavy atom. The SMILES string of the molecule is C[n+]1ccn(CCOC(=O)C(N)Cc2ccccc2)c1.F[B-](F)(F)F.O=C(O)C(F)(F)F. The summed E-state index contributed by atoms with van der Waals surface area (Å²) >= 11 is 0. The van der Waals surface area contributed by atoms with Gasteiger partial charge in [-0.25, -0.2) is 13.9 Å². The van der Waals surface area contributed by atoms with Crippen molar-refractivity contribution in [3.05, 3.63) is 54.6 Å². The third kappa shape index (κ3) is 15.7. The van der Waals surface area contributed by atoms with E-state index in [4.69, 9.17) is 20.4 Å². The summed E-state index contributed by atoms with van der Waals surface area (Å²) in [5, 5.41) is 7.12. The molecule has 0 aliphatic carbocycles. The van der Waals surface area contributed by atoms with Crippen LogP contribution in [0.25, 0.3) is 0 Å². The molecule has 0 aliphatic rings. The largest absolute Gasteiger partial charge is 0.673 e. The summed E-state index contributed by atoms with van der Waals surface area (Å²) in [7, 11) is -4.06. The molecule has 0 saturated heterocycles. The topological polar surface area (TPSA) is 98.4 Å². The lowest BCUT2D eigenvalue weighted by Gasteiger charge is -2.10. The highest BCUT2D eigenvalue weighted by molar-refractivity contribution is 6.50. The number of aromatic nitrogens is 2. The number of nitrogens with two attached hydrogens (primary N) is 1. The molecule has 32 heavy (non-hydrogen) atoms. The molecule has 1 unspecified atom stereocenters. The van der Waals surface area contributed by atoms with Gasteiger partial charge in [-0.3, -0.25) is 4.79 Å². The maximum atomic E-state index is 11.8. The number of halogens is 7. The Balaban J connectivity index is 0.000000663. The Bertz CT molecular complexity index is 824. The Morgan fingerprint density at radius 3 is 2.09 bits per heavy atom. The van der Waals surface area contributed by atoms with Crippen LogP contribution in [0.2, 0.25) is 0 Å². The molecule has 1 aromatic carbocycles. The van der Waals surface area contributed by atoms with Gasteiger partial charge in [0.2, 0.25) is 6.33 Å². The molecular formula is C17H21BF7N3O4. The number of carbonyl (C=O) groups excluding carboxylic acids is 1. The number of hydrogen-bond donors (Lipinski definition) is 2. The quantitative estimate of drug-likeness (QED) is 0.290. The number of hydrogen-bond acceptors (Lipinski definition) is 4. The van der Waals surface area contributed by atoms with E-state index < -0.39 is 25.4 Å². The van der Waals surface area contributed by atoms with Crippen LogP contribution in [0.1, 0.15) is 5.56 Å². The van der Waals surface area contributed by atoms with E-state index in [1.165, 1.54) is 0 Å². The standard InChI is InChI=1S/C15H20N3O2.C2HF3O2.BF4/c1-17-7-8-18(12-17)9-10-20-15(19)14(16)11-13-5-3-2-4-6-13;3-2(4,5)1(6)7;2-1(3,4)5/h2-8,12,14H,9-11,16H2,1H3;(H,6,7);/q+1;;-1. The summed E-state index contributed by atoms with van der Waals surface area (Å²) in [6.45, 7) is 0.959. The van der Waals surface area contributed by atoms with Crippen molar-refractivity contribution >= 4 is 19.2 Å². The lowest BCUT2D eigenvalue weighted by molar-refractivity contribution is -0.671. The van der Waals surface area contributed by atoms with Gasteiger partial charge in [-0.15, -0.1) is 0 Å². The molecule has 0 bridgehead atoms. The van der Waals surface area contributed by atoms with Gasteiger partial charge in [-0.05, 0) is 12.0 Å². The van der Waals surface area contributed by atoms with Crippen molar-refractivity contribution < 1.29 is 54.4 Å². The van der Waals surface area contributed by atoms with Gasteiger partial charge in [0.05, 0.1) is 7.05 Å².